The van der Waals surface area contributed by atoms with E-state index >= 15 is 0 Å². The van der Waals surface area contributed by atoms with Crippen molar-refractivity contribution < 1.29 is 31.4 Å². The molecule has 0 aliphatic rings. The second-order valence-electron chi connectivity index (χ2n) is 4.05. The molecule has 0 heterocycles. The van der Waals surface area contributed by atoms with Crippen molar-refractivity contribution in [2.24, 2.45) is 0 Å². The first-order valence-electron chi connectivity index (χ1n) is 5.28. The fourth-order valence-electron chi connectivity index (χ4n) is 1.38. The van der Waals surface area contributed by atoms with Crippen molar-refractivity contribution in [1.29, 1.82) is 0 Å². The van der Waals surface area contributed by atoms with E-state index in [1.807, 2.05) is 0 Å². The monoisotopic (exact) mass is 298 g/mol. The largest absolute Gasteiger partial charge is 0.573 e. The van der Waals surface area contributed by atoms with Gasteiger partial charge in [-0.2, -0.15) is 0 Å². The fourth-order valence-corrected chi connectivity index (χ4v) is 2.04. The summed E-state index contributed by atoms with van der Waals surface area (Å²) in [6.07, 6.45) is -4.79. The summed E-state index contributed by atoms with van der Waals surface area (Å²) in [6, 6.07) is 4.64. The highest BCUT2D eigenvalue weighted by Gasteiger charge is 2.31. The first-order chi connectivity index (χ1) is 8.57. The molecule has 1 atom stereocenters. The minimum atomic E-state index is -4.77. The van der Waals surface area contributed by atoms with Crippen LogP contribution in [-0.2, 0) is 9.84 Å². The molecule has 108 valence electrons. The summed E-state index contributed by atoms with van der Waals surface area (Å²) in [5, 5.41) is 9.68. The van der Waals surface area contributed by atoms with Crippen LogP contribution < -0.4 is 4.74 Å². The van der Waals surface area contributed by atoms with Crippen LogP contribution in [0, 0.1) is 0 Å². The van der Waals surface area contributed by atoms with E-state index in [1.165, 1.54) is 12.1 Å². The number of alkyl halides is 3. The average molecular weight is 298 g/mol. The lowest BCUT2D eigenvalue weighted by Crippen LogP contribution is -2.17. The van der Waals surface area contributed by atoms with Gasteiger partial charge >= 0.3 is 6.36 Å². The maximum Gasteiger partial charge on any atom is 0.573 e. The highest BCUT2D eigenvalue weighted by atomic mass is 32.2. The molecule has 19 heavy (non-hydrogen) atoms. The number of ether oxygens (including phenoxy) is 1. The number of sulfone groups is 1. The van der Waals surface area contributed by atoms with Crippen LogP contribution in [0.15, 0.2) is 24.3 Å². The second-order valence-corrected chi connectivity index (χ2v) is 6.31. The SMILES string of the molecule is CS(=O)(=O)CCC(O)c1ccc(OC(F)(F)F)cc1. The van der Waals surface area contributed by atoms with Gasteiger partial charge in [0, 0.05) is 6.26 Å². The van der Waals surface area contributed by atoms with Gasteiger partial charge in [-0.1, -0.05) is 12.1 Å². The number of rotatable bonds is 5. The smallest absolute Gasteiger partial charge is 0.406 e. The number of halogens is 3. The molecule has 8 heteroatoms. The van der Waals surface area contributed by atoms with E-state index in [4.69, 9.17) is 0 Å². The topological polar surface area (TPSA) is 63.6 Å². The van der Waals surface area contributed by atoms with Gasteiger partial charge < -0.3 is 9.84 Å². The van der Waals surface area contributed by atoms with Gasteiger partial charge in [-0.25, -0.2) is 8.42 Å². The molecule has 0 saturated carbocycles. The Balaban J connectivity index is 2.65. The van der Waals surface area contributed by atoms with E-state index in [0.717, 1.165) is 18.4 Å². The number of benzene rings is 1. The summed E-state index contributed by atoms with van der Waals surface area (Å²) in [7, 11) is -3.19. The summed E-state index contributed by atoms with van der Waals surface area (Å²) in [6.45, 7) is 0. The van der Waals surface area contributed by atoms with Crippen molar-refractivity contribution in [3.63, 3.8) is 0 Å². The van der Waals surface area contributed by atoms with Gasteiger partial charge in [0.05, 0.1) is 11.9 Å². The lowest BCUT2D eigenvalue weighted by molar-refractivity contribution is -0.274. The van der Waals surface area contributed by atoms with Crippen molar-refractivity contribution in [2.45, 2.75) is 18.9 Å². The van der Waals surface area contributed by atoms with Gasteiger partial charge in [-0.3, -0.25) is 0 Å². The number of hydrogen-bond acceptors (Lipinski definition) is 4. The molecule has 0 aliphatic carbocycles. The van der Waals surface area contributed by atoms with Crippen LogP contribution in [0.2, 0.25) is 0 Å². The van der Waals surface area contributed by atoms with Gasteiger partial charge in [0.1, 0.15) is 15.6 Å². The minimum absolute atomic E-state index is 0.0156. The number of aliphatic hydroxyl groups excluding tert-OH is 1. The zero-order chi connectivity index (χ0) is 14.7. The Morgan fingerprint density at radius 2 is 1.79 bits per heavy atom. The molecule has 0 fully saturated rings. The van der Waals surface area contributed by atoms with Gasteiger partial charge in [0.25, 0.3) is 0 Å². The van der Waals surface area contributed by atoms with Crippen LogP contribution in [0.25, 0.3) is 0 Å². The molecule has 0 radical (unpaired) electrons. The molecule has 1 unspecified atom stereocenters. The highest BCUT2D eigenvalue weighted by Crippen LogP contribution is 2.25. The van der Waals surface area contributed by atoms with E-state index in [0.29, 0.717) is 5.56 Å². The minimum Gasteiger partial charge on any atom is -0.406 e. The zero-order valence-electron chi connectivity index (χ0n) is 10.0. The van der Waals surface area contributed by atoms with E-state index in [2.05, 4.69) is 4.74 Å². The maximum absolute atomic E-state index is 11.9. The molecular weight excluding hydrogens is 285 g/mol. The van der Waals surface area contributed by atoms with Crippen LogP contribution >= 0.6 is 0 Å². The quantitative estimate of drug-likeness (QED) is 0.903. The molecule has 1 rings (SSSR count). The Morgan fingerprint density at radius 1 is 1.26 bits per heavy atom. The van der Waals surface area contributed by atoms with E-state index < -0.39 is 28.1 Å². The third kappa shape index (κ3) is 6.44. The van der Waals surface area contributed by atoms with Gasteiger partial charge in [-0.15, -0.1) is 13.2 Å². The molecule has 1 aromatic rings. The highest BCUT2D eigenvalue weighted by molar-refractivity contribution is 7.90. The van der Waals surface area contributed by atoms with Crippen LogP contribution in [0.4, 0.5) is 13.2 Å². The van der Waals surface area contributed by atoms with Gasteiger partial charge in [-0.05, 0) is 24.1 Å². The Kier molecular flexibility index (Phi) is 4.81. The van der Waals surface area contributed by atoms with Crippen LogP contribution in [0.3, 0.4) is 0 Å². The van der Waals surface area contributed by atoms with Gasteiger partial charge in [0.15, 0.2) is 0 Å². The van der Waals surface area contributed by atoms with Crippen molar-refractivity contribution in [3.8, 4) is 5.75 Å². The van der Waals surface area contributed by atoms with E-state index in [1.54, 1.807) is 0 Å². The fraction of sp³-hybridized carbons (Fsp3) is 0.455. The first kappa shape index (κ1) is 15.8. The maximum atomic E-state index is 11.9. The van der Waals surface area contributed by atoms with Crippen molar-refractivity contribution in [2.75, 3.05) is 12.0 Å². The Hall–Kier alpha value is -1.28. The standard InChI is InChI=1S/C11H13F3O4S/c1-19(16,17)7-6-10(15)8-2-4-9(5-3-8)18-11(12,13)14/h2-5,10,15H,6-7H2,1H3. The lowest BCUT2D eigenvalue weighted by Gasteiger charge is -2.12. The Morgan fingerprint density at radius 3 is 2.21 bits per heavy atom. The molecule has 0 aliphatic heterocycles. The molecule has 0 amide bonds. The molecule has 1 aromatic carbocycles. The predicted molar refractivity (Wildman–Crippen MR) is 62.4 cm³/mol. The normalized spacial score (nSPS) is 14.2. The summed E-state index contributed by atoms with van der Waals surface area (Å²) < 4.78 is 61.3. The average Bonchev–Trinajstić information content (AvgIpc) is 2.23. The van der Waals surface area contributed by atoms with Crippen LogP contribution in [0.5, 0.6) is 5.75 Å². The van der Waals surface area contributed by atoms with Crippen LogP contribution in [-0.4, -0.2) is 31.9 Å². The summed E-state index contributed by atoms with van der Waals surface area (Å²) >= 11 is 0. The number of aliphatic hydroxyl groups is 1. The molecule has 0 spiro atoms. The summed E-state index contributed by atoms with van der Waals surface area (Å²) in [4.78, 5) is 0. The lowest BCUT2D eigenvalue weighted by atomic mass is 10.1. The molecular formula is C11H13F3O4S. The number of hydrogen-bond donors (Lipinski definition) is 1. The van der Waals surface area contributed by atoms with E-state index in [9.17, 15) is 26.7 Å². The van der Waals surface area contributed by atoms with Crippen molar-refractivity contribution in [3.05, 3.63) is 29.8 Å². The van der Waals surface area contributed by atoms with E-state index in [-0.39, 0.29) is 12.2 Å². The predicted octanol–water partition coefficient (Wildman–Crippen LogP) is 2.05. The summed E-state index contributed by atoms with van der Waals surface area (Å²) in [5.41, 5.74) is 0.332. The zero-order valence-corrected chi connectivity index (χ0v) is 10.8. The summed E-state index contributed by atoms with van der Waals surface area (Å²) in [5.74, 6) is -0.596. The first-order valence-corrected chi connectivity index (χ1v) is 7.34. The molecule has 4 nitrogen and oxygen atoms in total. The second kappa shape index (κ2) is 5.79. The molecule has 0 saturated heterocycles. The Labute approximate surface area is 108 Å². The third-order valence-electron chi connectivity index (χ3n) is 2.26. The molecule has 0 bridgehead atoms. The third-order valence-corrected chi connectivity index (χ3v) is 3.24. The van der Waals surface area contributed by atoms with Crippen molar-refractivity contribution in [1.82, 2.24) is 0 Å². The van der Waals surface area contributed by atoms with Gasteiger partial charge in [0.2, 0.25) is 0 Å². The molecule has 0 aromatic heterocycles. The Bertz CT molecular complexity index is 508. The van der Waals surface area contributed by atoms with Crippen molar-refractivity contribution >= 4 is 9.84 Å². The van der Waals surface area contributed by atoms with Crippen LogP contribution in [0.1, 0.15) is 18.1 Å². The molecule has 1 N–H and O–H groups in total.